The molecule has 1 spiro atoms. The standard InChI is InChI=1S/C33H42N4O7S/c1-6-19-22(14-38)27(36-32(19)44)11-23-15(2)20(7-9-29(39)40)25(34-23)12-26-21(8-10-30(41)42)16(3)24(35-26)13-28-33(18(5)45-33)17(4)31(43)37-28/h6,12-13,17-18,22-23,27,34-36,38,44H,1,7-11,14H2,2-5H3,(H,37,43)(H,39,40)(H,41,42)/p+1/b25-12-,28-13-/t17-,18?,22?,23?,27+,33+/m0/s1. The second-order valence-corrected chi connectivity index (χ2v) is 14.2. The fraction of sp³-hybridized carbons (Fsp3) is 0.485. The highest BCUT2D eigenvalue weighted by molar-refractivity contribution is 7.89. The average molecular weight is 640 g/mol. The molecule has 45 heavy (non-hydrogen) atoms. The Labute approximate surface area is 266 Å². The quantitative estimate of drug-likeness (QED) is 0.0968. The molecule has 242 valence electrons. The maximum Gasteiger partial charge on any atom is 0.303 e. The zero-order valence-corrected chi connectivity index (χ0v) is 26.9. The van der Waals surface area contributed by atoms with Crippen molar-refractivity contribution >= 4 is 41.8 Å². The predicted molar refractivity (Wildman–Crippen MR) is 174 cm³/mol. The van der Waals surface area contributed by atoms with Gasteiger partial charge in [-0.25, -0.2) is 0 Å². The van der Waals surface area contributed by atoms with E-state index in [2.05, 4.69) is 34.4 Å². The fourth-order valence-electron chi connectivity index (χ4n) is 7.20. The highest BCUT2D eigenvalue weighted by Crippen LogP contribution is 2.52. The minimum atomic E-state index is -0.914. The summed E-state index contributed by atoms with van der Waals surface area (Å²) in [5.74, 6) is -2.30. The molecule has 4 aliphatic rings. The van der Waals surface area contributed by atoms with E-state index in [1.165, 1.54) is 11.8 Å². The third-order valence-corrected chi connectivity index (χ3v) is 11.9. The number of allylic oxidation sites excluding steroid dienone is 2. The third-order valence-electron chi connectivity index (χ3n) is 9.97. The number of thiol groups is 1. The minimum absolute atomic E-state index is 0.00295. The number of carboxylic acid groups (broad SMARTS) is 2. The van der Waals surface area contributed by atoms with Crippen molar-refractivity contribution in [3.8, 4) is 0 Å². The minimum Gasteiger partial charge on any atom is -0.495 e. The lowest BCUT2D eigenvalue weighted by Gasteiger charge is -2.24. The molecule has 0 saturated carbocycles. The topological polar surface area (TPSA) is 184 Å². The van der Waals surface area contributed by atoms with Gasteiger partial charge in [0.1, 0.15) is 0 Å². The second kappa shape index (κ2) is 12.5. The molecule has 0 aromatic carbocycles. The van der Waals surface area contributed by atoms with Crippen LogP contribution in [0.25, 0.3) is 12.2 Å². The number of rotatable bonds is 12. The zero-order valence-electron chi connectivity index (χ0n) is 26.0. The van der Waals surface area contributed by atoms with E-state index in [1.807, 2.05) is 32.9 Å². The Morgan fingerprint density at radius 3 is 2.31 bits per heavy atom. The molecule has 0 aliphatic carbocycles. The van der Waals surface area contributed by atoms with Crippen LogP contribution in [0.2, 0.25) is 0 Å². The van der Waals surface area contributed by atoms with Gasteiger partial charge in [0.2, 0.25) is 10.7 Å². The summed E-state index contributed by atoms with van der Waals surface area (Å²) in [4.78, 5) is 39.3. The van der Waals surface area contributed by atoms with Crippen molar-refractivity contribution in [2.75, 3.05) is 6.61 Å². The molecule has 1 aromatic rings. The second-order valence-electron chi connectivity index (χ2n) is 12.4. The van der Waals surface area contributed by atoms with Crippen LogP contribution in [0.5, 0.6) is 0 Å². The molecule has 0 radical (unpaired) electrons. The number of aliphatic carboxylic acids is 2. The first-order valence-corrected chi connectivity index (χ1v) is 16.3. The number of nitrogens with one attached hydrogen (secondary N) is 4. The molecule has 2 saturated heterocycles. The SMILES string of the molecule is C=CC1=C(O)N[C@H](CC2N/C(=C\c3[nH]c(/C=C4\NC(=O)[C@H](C)[C@]45[SH+]C5C)c(C)c3CCC(=O)O)C(CCC(=O)O)=C2C)C1CO. The van der Waals surface area contributed by atoms with Gasteiger partial charge >= 0.3 is 11.9 Å². The molecule has 0 bridgehead atoms. The van der Waals surface area contributed by atoms with Gasteiger partial charge in [0, 0.05) is 53.5 Å². The monoisotopic (exact) mass is 639 g/mol. The first-order chi connectivity index (χ1) is 21.3. The van der Waals surface area contributed by atoms with Crippen LogP contribution in [0.3, 0.4) is 0 Å². The Bertz CT molecular complexity index is 1570. The number of aliphatic hydroxyl groups is 2. The van der Waals surface area contributed by atoms with Crippen LogP contribution >= 0.6 is 0 Å². The number of carboxylic acids is 2. The number of aromatic nitrogens is 1. The van der Waals surface area contributed by atoms with E-state index in [1.54, 1.807) is 6.08 Å². The van der Waals surface area contributed by atoms with E-state index in [-0.39, 0.29) is 59.9 Å². The van der Waals surface area contributed by atoms with Gasteiger partial charge in [-0.3, -0.25) is 14.4 Å². The maximum absolute atomic E-state index is 12.6. The van der Waals surface area contributed by atoms with Crippen molar-refractivity contribution in [1.29, 1.82) is 0 Å². The van der Waals surface area contributed by atoms with Gasteiger partial charge in [0.25, 0.3) is 0 Å². The van der Waals surface area contributed by atoms with Crippen molar-refractivity contribution in [3.05, 3.63) is 69.2 Å². The number of H-pyrrole nitrogens is 1. The molecule has 12 heteroatoms. The average Bonchev–Trinajstić information content (AvgIpc) is 3.13. The van der Waals surface area contributed by atoms with Crippen LogP contribution in [-0.4, -0.2) is 71.9 Å². The Morgan fingerprint density at radius 2 is 1.71 bits per heavy atom. The van der Waals surface area contributed by atoms with Crippen LogP contribution < -0.4 is 16.0 Å². The van der Waals surface area contributed by atoms with Crippen molar-refractivity contribution in [2.24, 2.45) is 11.8 Å². The predicted octanol–water partition coefficient (Wildman–Crippen LogP) is 2.82. The lowest BCUT2D eigenvalue weighted by atomic mass is 9.89. The highest BCUT2D eigenvalue weighted by atomic mass is 32.2. The molecular weight excluding hydrogens is 596 g/mol. The smallest absolute Gasteiger partial charge is 0.303 e. The van der Waals surface area contributed by atoms with Gasteiger partial charge < -0.3 is 41.4 Å². The Balaban J connectivity index is 1.51. The van der Waals surface area contributed by atoms with Gasteiger partial charge in [-0.05, 0) is 93.1 Å². The summed E-state index contributed by atoms with van der Waals surface area (Å²) in [6.07, 6.45) is 6.42. The fourth-order valence-corrected chi connectivity index (χ4v) is 8.73. The van der Waals surface area contributed by atoms with E-state index in [0.29, 0.717) is 30.1 Å². The summed E-state index contributed by atoms with van der Waals surface area (Å²) < 4.78 is -0.228. The molecule has 11 nitrogen and oxygen atoms in total. The van der Waals surface area contributed by atoms with Gasteiger partial charge in [0.05, 0.1) is 18.2 Å². The van der Waals surface area contributed by atoms with Crippen molar-refractivity contribution in [2.45, 2.75) is 81.9 Å². The number of carbonyl (C=O) groups is 3. The van der Waals surface area contributed by atoms with Gasteiger partial charge in [0.15, 0.2) is 11.1 Å². The first kappa shape index (κ1) is 32.5. The van der Waals surface area contributed by atoms with Crippen LogP contribution in [0.15, 0.2) is 46.7 Å². The number of hydrogen-bond donors (Lipinski definition) is 8. The number of hydrogen-bond acceptors (Lipinski definition) is 7. The van der Waals surface area contributed by atoms with Gasteiger partial charge in [-0.1, -0.05) is 12.7 Å². The maximum atomic E-state index is 12.6. The van der Waals surface area contributed by atoms with Crippen molar-refractivity contribution in [1.82, 2.24) is 20.9 Å². The van der Waals surface area contributed by atoms with E-state index in [4.69, 9.17) is 0 Å². The Morgan fingerprint density at radius 1 is 1.04 bits per heavy atom. The summed E-state index contributed by atoms with van der Waals surface area (Å²) in [5, 5.41) is 49.5. The first-order valence-electron chi connectivity index (χ1n) is 15.3. The lowest BCUT2D eigenvalue weighted by molar-refractivity contribution is -0.138. The molecule has 4 aliphatic heterocycles. The molecule has 5 rings (SSSR count). The Kier molecular flexibility index (Phi) is 9.01. The van der Waals surface area contributed by atoms with E-state index in [9.17, 15) is 34.8 Å². The van der Waals surface area contributed by atoms with Crippen LogP contribution in [-0.2, 0) is 32.6 Å². The number of carbonyl (C=O) groups excluding carboxylic acids is 1. The third kappa shape index (κ3) is 5.93. The van der Waals surface area contributed by atoms with Crippen molar-refractivity contribution < 1.29 is 34.8 Å². The van der Waals surface area contributed by atoms with Crippen LogP contribution in [0, 0.1) is 18.8 Å². The van der Waals surface area contributed by atoms with E-state index >= 15 is 0 Å². The van der Waals surface area contributed by atoms with E-state index < -0.39 is 11.9 Å². The summed E-state index contributed by atoms with van der Waals surface area (Å²) in [7, 11) is 0. The Hall–Kier alpha value is -3.90. The molecule has 5 heterocycles. The summed E-state index contributed by atoms with van der Waals surface area (Å²) in [5.41, 5.74) is 7.25. The molecular formula is C33H43N4O7S+. The lowest BCUT2D eigenvalue weighted by Crippen LogP contribution is -2.38. The molecule has 1 amide bonds. The van der Waals surface area contributed by atoms with E-state index in [0.717, 1.165) is 45.1 Å². The normalized spacial score (nSPS) is 30.8. The van der Waals surface area contributed by atoms with Crippen molar-refractivity contribution in [3.63, 3.8) is 0 Å². The van der Waals surface area contributed by atoms with Gasteiger partial charge in [-0.15, -0.1) is 0 Å². The molecule has 2 fully saturated rings. The summed E-state index contributed by atoms with van der Waals surface area (Å²) >= 11 is 1.21. The van der Waals surface area contributed by atoms with Gasteiger partial charge in [-0.2, -0.15) is 0 Å². The molecule has 8 N–H and O–H groups in total. The highest BCUT2D eigenvalue weighted by Gasteiger charge is 2.75. The zero-order chi connectivity index (χ0) is 32.8. The molecule has 1 aromatic heterocycles. The van der Waals surface area contributed by atoms with Crippen LogP contribution in [0.4, 0.5) is 0 Å². The molecule has 6 atom stereocenters. The number of aliphatic hydroxyl groups excluding tert-OH is 2. The summed E-state index contributed by atoms with van der Waals surface area (Å²) in [6, 6.07) is -0.470. The number of amides is 1. The summed E-state index contributed by atoms with van der Waals surface area (Å²) in [6.45, 7) is 11.6. The molecule has 3 unspecified atom stereocenters. The van der Waals surface area contributed by atoms with Crippen LogP contribution in [0.1, 0.15) is 69.0 Å². The number of aromatic amines is 1. The largest absolute Gasteiger partial charge is 0.495 e.